The maximum atomic E-state index is 10.7. The van der Waals surface area contributed by atoms with Gasteiger partial charge in [-0.1, -0.05) is 0 Å². The van der Waals surface area contributed by atoms with E-state index in [0.29, 0.717) is 6.54 Å². The third-order valence-electron chi connectivity index (χ3n) is 2.69. The normalized spacial score (nSPS) is 16.1. The van der Waals surface area contributed by atoms with Crippen LogP contribution in [0.4, 0.5) is 0 Å². The summed E-state index contributed by atoms with van der Waals surface area (Å²) in [5, 5.41) is 8.83. The quantitative estimate of drug-likeness (QED) is 0.888. The molecule has 0 amide bonds. The molecule has 0 radical (unpaired) electrons. The van der Waals surface area contributed by atoms with E-state index in [2.05, 4.69) is 0 Å². The molecule has 0 aliphatic carbocycles. The van der Waals surface area contributed by atoms with E-state index in [1.54, 1.807) is 18.9 Å². The van der Waals surface area contributed by atoms with Crippen molar-refractivity contribution < 1.29 is 14.6 Å². The van der Waals surface area contributed by atoms with Gasteiger partial charge in [-0.15, -0.1) is 11.8 Å². The Morgan fingerprint density at radius 1 is 1.59 bits per heavy atom. The van der Waals surface area contributed by atoms with Gasteiger partial charge in [0.1, 0.15) is 5.75 Å². The minimum absolute atomic E-state index is 0.0945. The average molecular weight is 253 g/mol. The van der Waals surface area contributed by atoms with Gasteiger partial charge in [-0.05, 0) is 23.8 Å². The molecule has 4 nitrogen and oxygen atoms in total. The molecule has 0 aromatic heterocycles. The van der Waals surface area contributed by atoms with Crippen molar-refractivity contribution in [1.29, 1.82) is 0 Å². The van der Waals surface area contributed by atoms with E-state index >= 15 is 0 Å². The third-order valence-corrected chi connectivity index (χ3v) is 3.78. The third kappa shape index (κ3) is 3.14. The topological polar surface area (TPSA) is 49.8 Å². The second-order valence-electron chi connectivity index (χ2n) is 3.93. The first-order valence-electron chi connectivity index (χ1n) is 5.43. The lowest BCUT2D eigenvalue weighted by Crippen LogP contribution is -2.30. The number of fused-ring (bicyclic) bond motifs is 1. The summed E-state index contributed by atoms with van der Waals surface area (Å²) >= 11 is 1.77. The van der Waals surface area contributed by atoms with Crippen molar-refractivity contribution in [2.24, 2.45) is 0 Å². The van der Waals surface area contributed by atoms with E-state index in [4.69, 9.17) is 9.84 Å². The first kappa shape index (κ1) is 12.3. The zero-order valence-corrected chi connectivity index (χ0v) is 10.5. The molecule has 0 saturated carbocycles. The number of rotatable bonds is 3. The number of hydrogen-bond donors (Lipinski definition) is 1. The number of hydrogen-bond acceptors (Lipinski definition) is 4. The van der Waals surface area contributed by atoms with Gasteiger partial charge in [0.05, 0.1) is 13.7 Å². The molecule has 1 heterocycles. The van der Waals surface area contributed by atoms with Gasteiger partial charge >= 0.3 is 5.97 Å². The number of benzene rings is 1. The van der Waals surface area contributed by atoms with E-state index in [0.717, 1.165) is 23.6 Å². The van der Waals surface area contributed by atoms with Crippen LogP contribution in [-0.2, 0) is 11.3 Å². The largest absolute Gasteiger partial charge is 0.497 e. The first-order valence-corrected chi connectivity index (χ1v) is 6.41. The summed E-state index contributed by atoms with van der Waals surface area (Å²) in [5.41, 5.74) is 1.15. The molecule has 0 saturated heterocycles. The van der Waals surface area contributed by atoms with Crippen molar-refractivity contribution in [2.45, 2.75) is 11.4 Å². The van der Waals surface area contributed by atoms with E-state index in [-0.39, 0.29) is 6.54 Å². The molecule has 1 N–H and O–H groups in total. The van der Waals surface area contributed by atoms with Crippen LogP contribution in [0.1, 0.15) is 5.56 Å². The highest BCUT2D eigenvalue weighted by Crippen LogP contribution is 2.30. The number of ether oxygens (including phenoxy) is 1. The zero-order valence-electron chi connectivity index (χ0n) is 9.68. The SMILES string of the molecule is COc1ccc2c(c1)CN(CC(=O)O)CCS2. The molecule has 17 heavy (non-hydrogen) atoms. The summed E-state index contributed by atoms with van der Waals surface area (Å²) < 4.78 is 5.19. The summed E-state index contributed by atoms with van der Waals surface area (Å²) in [4.78, 5) is 13.9. The smallest absolute Gasteiger partial charge is 0.317 e. The van der Waals surface area contributed by atoms with Crippen molar-refractivity contribution in [3.8, 4) is 5.75 Å². The van der Waals surface area contributed by atoms with Crippen molar-refractivity contribution in [3.63, 3.8) is 0 Å². The van der Waals surface area contributed by atoms with Crippen LogP contribution in [0.3, 0.4) is 0 Å². The fourth-order valence-corrected chi connectivity index (χ4v) is 2.92. The lowest BCUT2D eigenvalue weighted by molar-refractivity contribution is -0.138. The molecule has 92 valence electrons. The molecule has 0 spiro atoms. The van der Waals surface area contributed by atoms with E-state index < -0.39 is 5.97 Å². The predicted molar refractivity (Wildman–Crippen MR) is 66.6 cm³/mol. The molecule has 0 atom stereocenters. The van der Waals surface area contributed by atoms with E-state index in [9.17, 15) is 4.79 Å². The maximum absolute atomic E-state index is 10.7. The molecule has 1 aromatic carbocycles. The molecule has 0 unspecified atom stereocenters. The Morgan fingerprint density at radius 2 is 2.41 bits per heavy atom. The van der Waals surface area contributed by atoms with Gasteiger partial charge in [0, 0.05) is 23.7 Å². The average Bonchev–Trinajstić information content (AvgIpc) is 2.48. The lowest BCUT2D eigenvalue weighted by Gasteiger charge is -2.17. The highest BCUT2D eigenvalue weighted by Gasteiger charge is 2.17. The number of carbonyl (C=O) groups is 1. The number of methoxy groups -OCH3 is 1. The van der Waals surface area contributed by atoms with Crippen LogP contribution in [0.15, 0.2) is 23.1 Å². The van der Waals surface area contributed by atoms with E-state index in [1.165, 1.54) is 4.90 Å². The van der Waals surface area contributed by atoms with Crippen LogP contribution < -0.4 is 4.74 Å². The minimum Gasteiger partial charge on any atom is -0.497 e. The molecular weight excluding hydrogens is 238 g/mol. The second kappa shape index (κ2) is 5.42. The van der Waals surface area contributed by atoms with Gasteiger partial charge < -0.3 is 9.84 Å². The van der Waals surface area contributed by atoms with Crippen molar-refractivity contribution in [1.82, 2.24) is 4.90 Å². The number of carboxylic acid groups (broad SMARTS) is 1. The summed E-state index contributed by atoms with van der Waals surface area (Å²) in [7, 11) is 1.64. The van der Waals surface area contributed by atoms with Gasteiger partial charge in [0.2, 0.25) is 0 Å². The lowest BCUT2D eigenvalue weighted by atomic mass is 10.2. The van der Waals surface area contributed by atoms with Crippen molar-refractivity contribution in [3.05, 3.63) is 23.8 Å². The highest BCUT2D eigenvalue weighted by atomic mass is 32.2. The molecule has 1 aliphatic heterocycles. The Labute approximate surface area is 105 Å². The number of thioether (sulfide) groups is 1. The molecule has 1 aliphatic rings. The minimum atomic E-state index is -0.777. The van der Waals surface area contributed by atoms with E-state index in [1.807, 2.05) is 23.1 Å². The van der Waals surface area contributed by atoms with Crippen LogP contribution >= 0.6 is 11.8 Å². The monoisotopic (exact) mass is 253 g/mol. The Morgan fingerprint density at radius 3 is 3.12 bits per heavy atom. The van der Waals surface area contributed by atoms with Gasteiger partial charge in [0.25, 0.3) is 0 Å². The Balaban J connectivity index is 2.19. The van der Waals surface area contributed by atoms with Crippen LogP contribution in [0.2, 0.25) is 0 Å². The summed E-state index contributed by atoms with van der Waals surface area (Å²) in [5.74, 6) is 0.968. The molecular formula is C12H15NO3S. The van der Waals surface area contributed by atoms with Gasteiger partial charge in [-0.2, -0.15) is 0 Å². The van der Waals surface area contributed by atoms with Gasteiger partial charge in [0.15, 0.2) is 0 Å². The molecule has 0 fully saturated rings. The first-order chi connectivity index (χ1) is 8.19. The molecule has 2 rings (SSSR count). The summed E-state index contributed by atoms with van der Waals surface area (Å²) in [6, 6.07) is 5.98. The number of carboxylic acids is 1. The number of aliphatic carboxylic acids is 1. The van der Waals surface area contributed by atoms with Crippen LogP contribution in [-0.4, -0.2) is 41.9 Å². The van der Waals surface area contributed by atoms with Crippen LogP contribution in [0, 0.1) is 0 Å². The van der Waals surface area contributed by atoms with Crippen molar-refractivity contribution in [2.75, 3.05) is 26.0 Å². The second-order valence-corrected chi connectivity index (χ2v) is 5.06. The molecule has 1 aromatic rings. The van der Waals surface area contributed by atoms with Gasteiger partial charge in [-0.3, -0.25) is 9.69 Å². The van der Waals surface area contributed by atoms with Crippen LogP contribution in [0.5, 0.6) is 5.75 Å². The molecule has 5 heteroatoms. The van der Waals surface area contributed by atoms with Crippen molar-refractivity contribution >= 4 is 17.7 Å². The Bertz CT molecular complexity index is 422. The highest BCUT2D eigenvalue weighted by molar-refractivity contribution is 7.99. The number of nitrogens with zero attached hydrogens (tertiary/aromatic N) is 1. The zero-order chi connectivity index (χ0) is 12.3. The molecule has 0 bridgehead atoms. The Hall–Kier alpha value is -1.20. The summed E-state index contributed by atoms with van der Waals surface area (Å²) in [6.07, 6.45) is 0. The maximum Gasteiger partial charge on any atom is 0.317 e. The Kier molecular flexibility index (Phi) is 3.91. The van der Waals surface area contributed by atoms with Gasteiger partial charge in [-0.25, -0.2) is 0 Å². The predicted octanol–water partition coefficient (Wildman–Crippen LogP) is 1.69. The summed E-state index contributed by atoms with van der Waals surface area (Å²) in [6.45, 7) is 1.57. The standard InChI is InChI=1S/C12H15NO3S/c1-16-10-2-3-11-9(6-10)7-13(4-5-17-11)8-12(14)15/h2-3,6H,4-5,7-8H2,1H3,(H,14,15). The van der Waals surface area contributed by atoms with Crippen LogP contribution in [0.25, 0.3) is 0 Å². The fraction of sp³-hybridized carbons (Fsp3) is 0.417. The fourth-order valence-electron chi connectivity index (χ4n) is 1.88.